The van der Waals surface area contributed by atoms with Crippen molar-refractivity contribution in [3.63, 3.8) is 0 Å². The third-order valence-electron chi connectivity index (χ3n) is 4.48. The summed E-state index contributed by atoms with van der Waals surface area (Å²) in [6, 6.07) is 14.5. The number of nitrogens with one attached hydrogen (secondary N) is 2. The number of esters is 1. The summed E-state index contributed by atoms with van der Waals surface area (Å²) in [5, 5.41) is 2.92. The van der Waals surface area contributed by atoms with E-state index in [1.165, 1.54) is 7.11 Å². The highest BCUT2D eigenvalue weighted by atomic mass is 16.5. The number of hydrogen-bond acceptors (Lipinski definition) is 5. The second kappa shape index (κ2) is 9.03. The SMILES string of the molecule is COC(=O)CC(NC(=O)CCc1nc2ccccc2[nH]1)c1ccc(OC)cc1. The predicted molar refractivity (Wildman–Crippen MR) is 105 cm³/mol. The molecular formula is C21H23N3O4. The first kappa shape index (κ1) is 19.4. The quantitative estimate of drug-likeness (QED) is 0.585. The molecule has 2 aromatic carbocycles. The summed E-state index contributed by atoms with van der Waals surface area (Å²) >= 11 is 0. The minimum absolute atomic E-state index is 0.0548. The molecule has 0 spiro atoms. The Bertz CT molecular complexity index is 917. The summed E-state index contributed by atoms with van der Waals surface area (Å²) < 4.78 is 9.92. The third-order valence-corrected chi connectivity index (χ3v) is 4.48. The van der Waals surface area contributed by atoms with E-state index in [2.05, 4.69) is 15.3 Å². The smallest absolute Gasteiger partial charge is 0.307 e. The van der Waals surface area contributed by atoms with E-state index in [0.29, 0.717) is 12.2 Å². The topological polar surface area (TPSA) is 93.3 Å². The van der Waals surface area contributed by atoms with Crippen LogP contribution < -0.4 is 10.1 Å². The number of ether oxygens (including phenoxy) is 2. The van der Waals surface area contributed by atoms with Gasteiger partial charge in [-0.25, -0.2) is 4.98 Å². The van der Waals surface area contributed by atoms with E-state index in [9.17, 15) is 9.59 Å². The first-order chi connectivity index (χ1) is 13.6. The molecule has 7 nitrogen and oxygen atoms in total. The van der Waals surface area contributed by atoms with E-state index < -0.39 is 12.0 Å². The number of imidazole rings is 1. The van der Waals surface area contributed by atoms with Gasteiger partial charge in [0.2, 0.25) is 5.91 Å². The Kier molecular flexibility index (Phi) is 6.26. The average molecular weight is 381 g/mol. The number of aromatic nitrogens is 2. The minimum atomic E-state index is -0.471. The fourth-order valence-corrected chi connectivity index (χ4v) is 2.96. The van der Waals surface area contributed by atoms with Gasteiger partial charge in [-0.2, -0.15) is 0 Å². The number of H-pyrrole nitrogens is 1. The van der Waals surface area contributed by atoms with Crippen molar-refractivity contribution in [1.82, 2.24) is 15.3 Å². The van der Waals surface area contributed by atoms with Crippen LogP contribution in [0.25, 0.3) is 11.0 Å². The number of aromatic amines is 1. The van der Waals surface area contributed by atoms with Crippen LogP contribution >= 0.6 is 0 Å². The lowest BCUT2D eigenvalue weighted by Crippen LogP contribution is -2.30. The first-order valence-electron chi connectivity index (χ1n) is 9.03. The Labute approximate surface area is 163 Å². The summed E-state index contributed by atoms with van der Waals surface area (Å²) in [6.07, 6.45) is 0.793. The summed E-state index contributed by atoms with van der Waals surface area (Å²) in [5.74, 6) is 0.908. The van der Waals surface area contributed by atoms with E-state index in [1.807, 2.05) is 36.4 Å². The molecule has 1 heterocycles. The number of aryl methyl sites for hydroxylation is 1. The fraction of sp³-hybridized carbons (Fsp3) is 0.286. The largest absolute Gasteiger partial charge is 0.497 e. The highest BCUT2D eigenvalue weighted by molar-refractivity contribution is 5.79. The van der Waals surface area contributed by atoms with E-state index >= 15 is 0 Å². The number of para-hydroxylation sites is 2. The number of carbonyl (C=O) groups excluding carboxylic acids is 2. The van der Waals surface area contributed by atoms with Crippen molar-refractivity contribution >= 4 is 22.9 Å². The Balaban J connectivity index is 1.64. The van der Waals surface area contributed by atoms with Crippen LogP contribution in [0.4, 0.5) is 0 Å². The zero-order valence-corrected chi connectivity index (χ0v) is 15.9. The monoisotopic (exact) mass is 381 g/mol. The number of rotatable bonds is 8. The minimum Gasteiger partial charge on any atom is -0.497 e. The van der Waals surface area contributed by atoms with Gasteiger partial charge in [0.25, 0.3) is 0 Å². The molecule has 1 amide bonds. The predicted octanol–water partition coefficient (Wildman–Crippen LogP) is 2.92. The number of carbonyl (C=O) groups is 2. The summed E-state index contributed by atoms with van der Waals surface area (Å²) in [4.78, 5) is 31.9. The Morgan fingerprint density at radius 2 is 1.86 bits per heavy atom. The molecule has 146 valence electrons. The van der Waals surface area contributed by atoms with Crippen molar-refractivity contribution < 1.29 is 19.1 Å². The average Bonchev–Trinajstić information content (AvgIpc) is 3.15. The Morgan fingerprint density at radius 1 is 1.11 bits per heavy atom. The normalized spacial score (nSPS) is 11.8. The van der Waals surface area contributed by atoms with E-state index in [0.717, 1.165) is 22.4 Å². The van der Waals surface area contributed by atoms with Crippen LogP contribution in [-0.4, -0.2) is 36.1 Å². The Morgan fingerprint density at radius 3 is 2.54 bits per heavy atom. The molecule has 2 N–H and O–H groups in total. The zero-order valence-electron chi connectivity index (χ0n) is 15.9. The van der Waals surface area contributed by atoms with Gasteiger partial charge < -0.3 is 19.8 Å². The van der Waals surface area contributed by atoms with Gasteiger partial charge in [0.05, 0.1) is 37.7 Å². The maximum absolute atomic E-state index is 12.5. The summed E-state index contributed by atoms with van der Waals surface area (Å²) in [7, 11) is 2.91. The van der Waals surface area contributed by atoms with Crippen LogP contribution in [0.3, 0.4) is 0 Å². The van der Waals surface area contributed by atoms with Crippen molar-refractivity contribution in [2.75, 3.05) is 14.2 Å². The number of fused-ring (bicyclic) bond motifs is 1. The lowest BCUT2D eigenvalue weighted by atomic mass is 10.0. The highest BCUT2D eigenvalue weighted by Gasteiger charge is 2.19. The van der Waals surface area contributed by atoms with Gasteiger partial charge >= 0.3 is 5.97 Å². The standard InChI is InChI=1S/C21H23N3O4/c1-27-15-9-7-14(8-10-15)18(13-21(26)28-2)24-20(25)12-11-19-22-16-5-3-4-6-17(16)23-19/h3-10,18H,11-13H2,1-2H3,(H,22,23)(H,24,25). The second-order valence-corrected chi connectivity index (χ2v) is 6.37. The molecule has 0 aliphatic heterocycles. The molecule has 7 heteroatoms. The molecule has 0 saturated heterocycles. The number of amides is 1. The van der Waals surface area contributed by atoms with Crippen LogP contribution in [-0.2, 0) is 20.7 Å². The van der Waals surface area contributed by atoms with Crippen LogP contribution in [0.15, 0.2) is 48.5 Å². The Hall–Kier alpha value is -3.35. The van der Waals surface area contributed by atoms with Crippen molar-refractivity contribution in [2.45, 2.75) is 25.3 Å². The van der Waals surface area contributed by atoms with Crippen molar-refractivity contribution in [3.05, 3.63) is 59.9 Å². The molecule has 1 atom stereocenters. The molecule has 0 saturated carbocycles. The van der Waals surface area contributed by atoms with Crippen LogP contribution in [0.5, 0.6) is 5.75 Å². The number of methoxy groups -OCH3 is 2. The van der Waals surface area contributed by atoms with E-state index in [4.69, 9.17) is 9.47 Å². The van der Waals surface area contributed by atoms with Gasteiger partial charge in [0.1, 0.15) is 11.6 Å². The van der Waals surface area contributed by atoms with E-state index in [1.54, 1.807) is 19.2 Å². The molecular weight excluding hydrogens is 358 g/mol. The number of benzene rings is 2. The molecule has 1 aromatic heterocycles. The molecule has 28 heavy (non-hydrogen) atoms. The maximum atomic E-state index is 12.5. The molecule has 0 aliphatic rings. The summed E-state index contributed by atoms with van der Waals surface area (Å²) in [5.41, 5.74) is 2.63. The van der Waals surface area contributed by atoms with Crippen LogP contribution in [0.1, 0.15) is 30.3 Å². The number of nitrogens with zero attached hydrogens (tertiary/aromatic N) is 1. The van der Waals surface area contributed by atoms with Crippen molar-refractivity contribution in [3.8, 4) is 5.75 Å². The molecule has 0 aliphatic carbocycles. The molecule has 0 bridgehead atoms. The van der Waals surface area contributed by atoms with Crippen molar-refractivity contribution in [1.29, 1.82) is 0 Å². The van der Waals surface area contributed by atoms with Gasteiger partial charge in [-0.3, -0.25) is 9.59 Å². The second-order valence-electron chi connectivity index (χ2n) is 6.37. The van der Waals surface area contributed by atoms with Gasteiger partial charge in [0, 0.05) is 12.8 Å². The maximum Gasteiger partial charge on any atom is 0.307 e. The van der Waals surface area contributed by atoms with Gasteiger partial charge in [-0.15, -0.1) is 0 Å². The molecule has 0 radical (unpaired) electrons. The molecule has 0 fully saturated rings. The number of hydrogen-bond donors (Lipinski definition) is 2. The van der Waals surface area contributed by atoms with Crippen molar-refractivity contribution in [2.24, 2.45) is 0 Å². The fourth-order valence-electron chi connectivity index (χ4n) is 2.96. The lowest BCUT2D eigenvalue weighted by molar-refractivity contribution is -0.141. The summed E-state index contributed by atoms with van der Waals surface area (Å²) in [6.45, 7) is 0. The zero-order chi connectivity index (χ0) is 19.9. The molecule has 3 aromatic rings. The first-order valence-corrected chi connectivity index (χ1v) is 9.03. The van der Waals surface area contributed by atoms with Crippen LogP contribution in [0, 0.1) is 0 Å². The van der Waals surface area contributed by atoms with Crippen LogP contribution in [0.2, 0.25) is 0 Å². The van der Waals surface area contributed by atoms with E-state index in [-0.39, 0.29) is 18.7 Å². The highest BCUT2D eigenvalue weighted by Crippen LogP contribution is 2.21. The van der Waals surface area contributed by atoms with Gasteiger partial charge in [0.15, 0.2) is 0 Å². The molecule has 1 unspecified atom stereocenters. The van der Waals surface area contributed by atoms with Gasteiger partial charge in [-0.05, 0) is 29.8 Å². The van der Waals surface area contributed by atoms with Gasteiger partial charge in [-0.1, -0.05) is 24.3 Å². The third kappa shape index (κ3) is 4.88. The lowest BCUT2D eigenvalue weighted by Gasteiger charge is -2.18. The molecule has 3 rings (SSSR count).